The van der Waals surface area contributed by atoms with Crippen molar-refractivity contribution in [2.75, 3.05) is 7.05 Å². The first-order valence-electron chi connectivity index (χ1n) is 5.71. The molecule has 0 aliphatic heterocycles. The lowest BCUT2D eigenvalue weighted by molar-refractivity contribution is -0.131. The Balaban J connectivity index is 2.62. The van der Waals surface area contributed by atoms with Gasteiger partial charge in [-0.05, 0) is 18.9 Å². The fraction of sp³-hybridized carbons (Fsp3) is 0.357. The summed E-state index contributed by atoms with van der Waals surface area (Å²) in [7, 11) is 1.77. The minimum absolute atomic E-state index is 0.0496. The van der Waals surface area contributed by atoms with E-state index in [0.717, 1.165) is 5.56 Å². The number of hydrogen-bond acceptors (Lipinski definition) is 2. The third-order valence-corrected chi connectivity index (χ3v) is 2.62. The Labute approximate surface area is 103 Å². The first kappa shape index (κ1) is 13.5. The number of nitrogens with zero attached hydrogens (tertiary/aromatic N) is 1. The average molecular weight is 232 g/mol. The molecule has 17 heavy (non-hydrogen) atoms. The summed E-state index contributed by atoms with van der Waals surface area (Å²) in [6, 6.07) is 7.63. The fourth-order valence-electron chi connectivity index (χ4n) is 1.73. The van der Waals surface area contributed by atoms with E-state index in [1.54, 1.807) is 18.0 Å². The maximum atomic E-state index is 11.9. The van der Waals surface area contributed by atoms with Crippen LogP contribution < -0.4 is 5.73 Å². The number of amides is 1. The number of hydrogen-bond donors (Lipinski definition) is 1. The van der Waals surface area contributed by atoms with Gasteiger partial charge in [0.05, 0.1) is 6.04 Å². The van der Waals surface area contributed by atoms with Crippen molar-refractivity contribution in [2.24, 2.45) is 5.73 Å². The smallest absolute Gasteiger partial charge is 0.239 e. The fourth-order valence-corrected chi connectivity index (χ4v) is 1.73. The second kappa shape index (κ2) is 6.21. The van der Waals surface area contributed by atoms with Crippen molar-refractivity contribution in [1.82, 2.24) is 4.90 Å². The summed E-state index contributed by atoms with van der Waals surface area (Å²) in [6.07, 6.45) is 2.18. The summed E-state index contributed by atoms with van der Waals surface area (Å²) in [5.74, 6) is -0.0496. The van der Waals surface area contributed by atoms with Crippen LogP contribution in [0.2, 0.25) is 0 Å². The average Bonchev–Trinajstić information content (AvgIpc) is 2.28. The Kier molecular flexibility index (Phi) is 4.91. The van der Waals surface area contributed by atoms with Gasteiger partial charge in [0.2, 0.25) is 5.91 Å². The molecular weight excluding hydrogens is 212 g/mol. The molecule has 1 aromatic carbocycles. The Morgan fingerprint density at radius 3 is 2.88 bits per heavy atom. The molecule has 3 nitrogen and oxygen atoms in total. The van der Waals surface area contributed by atoms with Gasteiger partial charge in [-0.25, -0.2) is 0 Å². The van der Waals surface area contributed by atoms with Crippen LogP contribution in [-0.2, 0) is 11.3 Å². The topological polar surface area (TPSA) is 46.3 Å². The van der Waals surface area contributed by atoms with E-state index in [1.165, 1.54) is 5.56 Å². The highest BCUT2D eigenvalue weighted by atomic mass is 16.2. The van der Waals surface area contributed by atoms with E-state index in [-0.39, 0.29) is 5.91 Å². The molecule has 2 N–H and O–H groups in total. The molecule has 0 heterocycles. The molecule has 3 heteroatoms. The van der Waals surface area contributed by atoms with E-state index in [4.69, 9.17) is 5.73 Å². The molecule has 0 aliphatic carbocycles. The molecule has 0 bridgehead atoms. The third kappa shape index (κ3) is 4.04. The summed E-state index contributed by atoms with van der Waals surface area (Å²) in [5, 5.41) is 0. The van der Waals surface area contributed by atoms with Gasteiger partial charge in [-0.2, -0.15) is 0 Å². The lowest BCUT2D eigenvalue weighted by Crippen LogP contribution is -2.41. The molecule has 0 aromatic heterocycles. The molecule has 1 rings (SSSR count). The van der Waals surface area contributed by atoms with Crippen molar-refractivity contribution in [1.29, 1.82) is 0 Å². The zero-order valence-electron chi connectivity index (χ0n) is 10.5. The van der Waals surface area contributed by atoms with Gasteiger partial charge in [0, 0.05) is 13.6 Å². The van der Waals surface area contributed by atoms with Crippen molar-refractivity contribution < 1.29 is 4.79 Å². The minimum Gasteiger partial charge on any atom is -0.340 e. The summed E-state index contributed by atoms with van der Waals surface area (Å²) in [4.78, 5) is 13.5. The molecule has 0 spiro atoms. The standard InChI is InChI=1S/C14H20N2O/c1-4-6-13(15)14(17)16(3)10-12-8-5-7-11(2)9-12/h4-5,7-9,13H,1,6,10,15H2,2-3H3. The van der Waals surface area contributed by atoms with E-state index in [9.17, 15) is 4.79 Å². The van der Waals surface area contributed by atoms with Crippen molar-refractivity contribution in [3.05, 3.63) is 48.0 Å². The van der Waals surface area contributed by atoms with Gasteiger partial charge in [-0.15, -0.1) is 6.58 Å². The molecule has 1 amide bonds. The molecule has 1 atom stereocenters. The lowest BCUT2D eigenvalue weighted by Gasteiger charge is -2.20. The summed E-state index contributed by atoms with van der Waals surface area (Å²) in [5.41, 5.74) is 8.06. The summed E-state index contributed by atoms with van der Waals surface area (Å²) in [6.45, 7) is 6.21. The van der Waals surface area contributed by atoms with Crippen LogP contribution in [0.4, 0.5) is 0 Å². The quantitative estimate of drug-likeness (QED) is 0.788. The predicted octanol–water partition coefficient (Wildman–Crippen LogP) is 1.86. The minimum atomic E-state index is -0.484. The Morgan fingerprint density at radius 1 is 1.59 bits per heavy atom. The number of likely N-dealkylation sites (N-methyl/N-ethyl adjacent to an activating group) is 1. The van der Waals surface area contributed by atoms with Crippen LogP contribution in [0.15, 0.2) is 36.9 Å². The second-order valence-corrected chi connectivity index (χ2v) is 4.31. The van der Waals surface area contributed by atoms with Gasteiger partial charge in [-0.1, -0.05) is 35.9 Å². The van der Waals surface area contributed by atoms with Crippen LogP contribution in [0.25, 0.3) is 0 Å². The Hall–Kier alpha value is -1.61. The molecule has 0 saturated carbocycles. The zero-order valence-corrected chi connectivity index (χ0v) is 10.5. The Morgan fingerprint density at radius 2 is 2.29 bits per heavy atom. The summed E-state index contributed by atoms with van der Waals surface area (Å²) >= 11 is 0. The van der Waals surface area contributed by atoms with Gasteiger partial charge in [-0.3, -0.25) is 4.79 Å². The van der Waals surface area contributed by atoms with Gasteiger partial charge in [0.25, 0.3) is 0 Å². The van der Waals surface area contributed by atoms with E-state index in [2.05, 4.69) is 12.6 Å². The lowest BCUT2D eigenvalue weighted by atomic mass is 10.1. The van der Waals surface area contributed by atoms with Crippen molar-refractivity contribution in [2.45, 2.75) is 25.9 Å². The molecule has 0 fully saturated rings. The summed E-state index contributed by atoms with van der Waals surface area (Å²) < 4.78 is 0. The highest BCUT2D eigenvalue weighted by Gasteiger charge is 2.16. The van der Waals surface area contributed by atoms with Crippen LogP contribution in [0.5, 0.6) is 0 Å². The third-order valence-electron chi connectivity index (χ3n) is 2.62. The maximum Gasteiger partial charge on any atom is 0.239 e. The number of nitrogens with two attached hydrogens (primary N) is 1. The molecule has 0 radical (unpaired) electrons. The van der Waals surface area contributed by atoms with Crippen molar-refractivity contribution >= 4 is 5.91 Å². The molecule has 0 saturated heterocycles. The van der Waals surface area contributed by atoms with Gasteiger partial charge < -0.3 is 10.6 Å². The SMILES string of the molecule is C=CCC(N)C(=O)N(C)Cc1cccc(C)c1. The highest BCUT2D eigenvalue weighted by Crippen LogP contribution is 2.07. The zero-order chi connectivity index (χ0) is 12.8. The second-order valence-electron chi connectivity index (χ2n) is 4.31. The Bertz CT molecular complexity index is 401. The largest absolute Gasteiger partial charge is 0.340 e. The molecule has 0 aliphatic rings. The van der Waals surface area contributed by atoms with Crippen molar-refractivity contribution in [3.8, 4) is 0 Å². The number of benzene rings is 1. The van der Waals surface area contributed by atoms with E-state index >= 15 is 0 Å². The van der Waals surface area contributed by atoms with Crippen LogP contribution in [0, 0.1) is 6.92 Å². The normalized spacial score (nSPS) is 11.9. The first-order valence-corrected chi connectivity index (χ1v) is 5.71. The van der Waals surface area contributed by atoms with Gasteiger partial charge in [0.1, 0.15) is 0 Å². The number of carbonyl (C=O) groups excluding carboxylic acids is 1. The van der Waals surface area contributed by atoms with Crippen LogP contribution in [0.3, 0.4) is 0 Å². The van der Waals surface area contributed by atoms with E-state index < -0.39 is 6.04 Å². The van der Waals surface area contributed by atoms with Crippen LogP contribution in [-0.4, -0.2) is 23.9 Å². The number of carbonyl (C=O) groups is 1. The van der Waals surface area contributed by atoms with Crippen LogP contribution >= 0.6 is 0 Å². The molecule has 92 valence electrons. The molecule has 1 unspecified atom stereocenters. The van der Waals surface area contributed by atoms with Crippen molar-refractivity contribution in [3.63, 3.8) is 0 Å². The number of aryl methyl sites for hydroxylation is 1. The first-order chi connectivity index (χ1) is 8.04. The van der Waals surface area contributed by atoms with Gasteiger partial charge in [0.15, 0.2) is 0 Å². The molecule has 1 aromatic rings. The number of rotatable bonds is 5. The highest BCUT2D eigenvalue weighted by molar-refractivity contribution is 5.81. The van der Waals surface area contributed by atoms with E-state index in [1.807, 2.05) is 25.1 Å². The maximum absolute atomic E-state index is 11.9. The van der Waals surface area contributed by atoms with Gasteiger partial charge >= 0.3 is 0 Å². The van der Waals surface area contributed by atoms with Crippen LogP contribution in [0.1, 0.15) is 17.5 Å². The van der Waals surface area contributed by atoms with E-state index in [0.29, 0.717) is 13.0 Å². The predicted molar refractivity (Wildman–Crippen MR) is 70.4 cm³/mol. The monoisotopic (exact) mass is 232 g/mol. The molecular formula is C14H20N2O.